The topological polar surface area (TPSA) is 75.3 Å². The van der Waals surface area contributed by atoms with Gasteiger partial charge < -0.3 is 23.5 Å². The zero-order valence-corrected chi connectivity index (χ0v) is 18.2. The van der Waals surface area contributed by atoms with Crippen LogP contribution in [0.15, 0.2) is 18.2 Å². The SMILES string of the molecule is CCOCOc1ccc(NC(=O)OC(C)(C)C)cc1B1OC(C)(C)C(C)(C)O1. The van der Waals surface area contributed by atoms with Crippen LogP contribution >= 0.6 is 0 Å². The van der Waals surface area contributed by atoms with Gasteiger partial charge in [0.25, 0.3) is 0 Å². The van der Waals surface area contributed by atoms with Crippen molar-refractivity contribution in [3.63, 3.8) is 0 Å². The van der Waals surface area contributed by atoms with Crippen LogP contribution in [0, 0.1) is 0 Å². The van der Waals surface area contributed by atoms with Gasteiger partial charge in [-0.1, -0.05) is 0 Å². The van der Waals surface area contributed by atoms with Crippen molar-refractivity contribution >= 4 is 24.4 Å². The van der Waals surface area contributed by atoms with Gasteiger partial charge in [0.05, 0.1) is 11.2 Å². The van der Waals surface area contributed by atoms with Crippen LogP contribution in [0.1, 0.15) is 55.4 Å². The van der Waals surface area contributed by atoms with Crippen LogP contribution in [0.3, 0.4) is 0 Å². The molecule has 1 heterocycles. The fourth-order valence-corrected chi connectivity index (χ4v) is 2.52. The molecule has 156 valence electrons. The van der Waals surface area contributed by atoms with E-state index >= 15 is 0 Å². The first-order valence-electron chi connectivity index (χ1n) is 9.55. The van der Waals surface area contributed by atoms with E-state index < -0.39 is 30.0 Å². The third-order valence-corrected chi connectivity index (χ3v) is 4.66. The highest BCUT2D eigenvalue weighted by molar-refractivity contribution is 6.63. The van der Waals surface area contributed by atoms with E-state index in [0.717, 1.165) is 0 Å². The lowest BCUT2D eigenvalue weighted by Gasteiger charge is -2.32. The molecule has 1 aromatic carbocycles. The van der Waals surface area contributed by atoms with E-state index in [1.807, 2.05) is 55.4 Å². The van der Waals surface area contributed by atoms with Gasteiger partial charge in [-0.15, -0.1) is 0 Å². The van der Waals surface area contributed by atoms with Gasteiger partial charge in [0.15, 0.2) is 6.79 Å². The van der Waals surface area contributed by atoms with Gasteiger partial charge in [-0.25, -0.2) is 4.79 Å². The Hall–Kier alpha value is -1.77. The quantitative estimate of drug-likeness (QED) is 0.451. The number of hydrogen-bond donors (Lipinski definition) is 1. The molecule has 1 aliphatic heterocycles. The Labute approximate surface area is 168 Å². The molecule has 1 N–H and O–H groups in total. The molecule has 0 unspecified atom stereocenters. The molecule has 7 nitrogen and oxygen atoms in total. The number of carbonyl (C=O) groups is 1. The van der Waals surface area contributed by atoms with Crippen molar-refractivity contribution in [3.05, 3.63) is 18.2 Å². The molecule has 0 bridgehead atoms. The first kappa shape index (κ1) is 22.5. The minimum atomic E-state index is -0.637. The van der Waals surface area contributed by atoms with Crippen LogP contribution in [0.5, 0.6) is 5.75 Å². The Morgan fingerprint density at radius 1 is 1.14 bits per heavy atom. The van der Waals surface area contributed by atoms with Gasteiger partial charge in [0.1, 0.15) is 11.4 Å². The van der Waals surface area contributed by atoms with E-state index in [2.05, 4.69) is 5.32 Å². The average Bonchev–Trinajstić information content (AvgIpc) is 2.75. The van der Waals surface area contributed by atoms with Crippen LogP contribution in [-0.4, -0.2) is 43.4 Å². The molecule has 0 spiro atoms. The summed E-state index contributed by atoms with van der Waals surface area (Å²) >= 11 is 0. The predicted molar refractivity (Wildman–Crippen MR) is 109 cm³/mol. The van der Waals surface area contributed by atoms with Crippen molar-refractivity contribution < 1.29 is 28.3 Å². The zero-order valence-electron chi connectivity index (χ0n) is 18.2. The average molecular weight is 393 g/mol. The minimum Gasteiger partial charge on any atom is -0.468 e. The number of amides is 1. The third kappa shape index (κ3) is 5.62. The fraction of sp³-hybridized carbons (Fsp3) is 0.650. The molecule has 2 rings (SSSR count). The summed E-state index contributed by atoms with van der Waals surface area (Å²) in [5.41, 5.74) is -0.346. The second-order valence-electron chi connectivity index (χ2n) is 8.72. The molecule has 1 amide bonds. The van der Waals surface area contributed by atoms with Gasteiger partial charge >= 0.3 is 13.2 Å². The van der Waals surface area contributed by atoms with E-state index in [4.69, 9.17) is 23.5 Å². The second-order valence-corrected chi connectivity index (χ2v) is 8.72. The Kier molecular flexibility index (Phi) is 6.68. The molecule has 28 heavy (non-hydrogen) atoms. The highest BCUT2D eigenvalue weighted by atomic mass is 16.7. The molecule has 8 heteroatoms. The Bertz CT molecular complexity index is 682. The van der Waals surface area contributed by atoms with Crippen LogP contribution < -0.4 is 15.5 Å². The van der Waals surface area contributed by atoms with E-state index in [1.54, 1.807) is 18.2 Å². The van der Waals surface area contributed by atoms with Gasteiger partial charge in [-0.05, 0) is 73.6 Å². The molecule has 1 fully saturated rings. The fourth-order valence-electron chi connectivity index (χ4n) is 2.52. The van der Waals surface area contributed by atoms with Gasteiger partial charge in [-0.3, -0.25) is 5.32 Å². The number of anilines is 1. The maximum absolute atomic E-state index is 12.1. The summed E-state index contributed by atoms with van der Waals surface area (Å²) in [6, 6.07) is 5.26. The summed E-state index contributed by atoms with van der Waals surface area (Å²) in [6.07, 6.45) is -0.532. The monoisotopic (exact) mass is 393 g/mol. The second kappa shape index (κ2) is 8.31. The van der Waals surface area contributed by atoms with Gasteiger partial charge in [-0.2, -0.15) is 0 Å². The van der Waals surface area contributed by atoms with E-state index in [1.165, 1.54) is 0 Å². The van der Waals surface area contributed by atoms with Crippen LogP contribution in [0.2, 0.25) is 0 Å². The molecular weight excluding hydrogens is 361 g/mol. The lowest BCUT2D eigenvalue weighted by Crippen LogP contribution is -2.41. The molecule has 0 radical (unpaired) electrons. The number of benzene rings is 1. The van der Waals surface area contributed by atoms with E-state index in [9.17, 15) is 4.79 Å². The molecule has 0 atom stereocenters. The van der Waals surface area contributed by atoms with Crippen LogP contribution in [0.25, 0.3) is 0 Å². The lowest BCUT2D eigenvalue weighted by atomic mass is 9.78. The normalized spacial score (nSPS) is 18.1. The molecule has 1 aromatic rings. The standard InChI is InChI=1S/C20H32BNO6/c1-9-24-13-25-16-11-10-14(22-17(23)26-18(2,3)4)12-15(16)21-27-19(5,6)20(7,8)28-21/h10-12H,9,13H2,1-8H3,(H,22,23). The molecule has 1 aliphatic rings. The van der Waals surface area contributed by atoms with Crippen LogP contribution in [-0.2, 0) is 18.8 Å². The molecule has 0 saturated carbocycles. The smallest absolute Gasteiger partial charge is 0.468 e. The Balaban J connectivity index is 2.27. The molecule has 0 aromatic heterocycles. The van der Waals surface area contributed by atoms with Crippen molar-refractivity contribution in [2.24, 2.45) is 0 Å². The summed E-state index contributed by atoms with van der Waals surface area (Å²) in [5, 5.41) is 2.74. The van der Waals surface area contributed by atoms with Gasteiger partial charge in [0.2, 0.25) is 0 Å². The highest BCUT2D eigenvalue weighted by Gasteiger charge is 2.52. The summed E-state index contributed by atoms with van der Waals surface area (Å²) in [7, 11) is -0.637. The first-order valence-corrected chi connectivity index (χ1v) is 9.55. The highest BCUT2D eigenvalue weighted by Crippen LogP contribution is 2.37. The van der Waals surface area contributed by atoms with Crippen molar-refractivity contribution in [2.45, 2.75) is 72.2 Å². The summed E-state index contributed by atoms with van der Waals surface area (Å²) in [6.45, 7) is 15.9. The summed E-state index contributed by atoms with van der Waals surface area (Å²) < 4.78 is 28.7. The first-order chi connectivity index (χ1) is 12.8. The van der Waals surface area contributed by atoms with Gasteiger partial charge in [0, 0.05) is 17.8 Å². The molecule has 0 aliphatic carbocycles. The van der Waals surface area contributed by atoms with Crippen molar-refractivity contribution in [1.82, 2.24) is 0 Å². The lowest BCUT2D eigenvalue weighted by molar-refractivity contribution is 0.00578. The Morgan fingerprint density at radius 2 is 1.75 bits per heavy atom. The van der Waals surface area contributed by atoms with E-state index in [-0.39, 0.29) is 6.79 Å². The number of ether oxygens (including phenoxy) is 3. The zero-order chi connectivity index (χ0) is 21.2. The Morgan fingerprint density at radius 3 is 2.29 bits per heavy atom. The third-order valence-electron chi connectivity index (χ3n) is 4.66. The minimum absolute atomic E-state index is 0.113. The predicted octanol–water partition coefficient (Wildman–Crippen LogP) is 3.71. The summed E-state index contributed by atoms with van der Waals surface area (Å²) in [5.74, 6) is 0.571. The number of nitrogens with one attached hydrogen (secondary N) is 1. The molecular formula is C20H32BNO6. The van der Waals surface area contributed by atoms with Crippen LogP contribution in [0.4, 0.5) is 10.5 Å². The largest absolute Gasteiger partial charge is 0.498 e. The number of hydrogen-bond acceptors (Lipinski definition) is 6. The van der Waals surface area contributed by atoms with Crippen molar-refractivity contribution in [1.29, 1.82) is 0 Å². The van der Waals surface area contributed by atoms with Crippen molar-refractivity contribution in [2.75, 3.05) is 18.7 Å². The maximum Gasteiger partial charge on any atom is 0.498 e. The molecule has 1 saturated heterocycles. The summed E-state index contributed by atoms with van der Waals surface area (Å²) in [4.78, 5) is 12.1. The van der Waals surface area contributed by atoms with Crippen molar-refractivity contribution in [3.8, 4) is 5.75 Å². The van der Waals surface area contributed by atoms with E-state index in [0.29, 0.717) is 23.5 Å². The number of carbonyl (C=O) groups excluding carboxylic acids is 1. The maximum atomic E-state index is 12.1. The number of rotatable bonds is 6.